The Labute approximate surface area is 314 Å². The Kier molecular flexibility index (Phi) is 13.9. The Morgan fingerprint density at radius 1 is 0.944 bits per heavy atom. The lowest BCUT2D eigenvalue weighted by atomic mass is 9.52. The van der Waals surface area contributed by atoms with E-state index in [4.69, 9.17) is 4.74 Å². The summed E-state index contributed by atoms with van der Waals surface area (Å²) in [5.74, 6) is -2.82. The quantitative estimate of drug-likeness (QED) is 0.100. The van der Waals surface area contributed by atoms with Crippen LogP contribution in [0.15, 0.2) is 36.5 Å². The van der Waals surface area contributed by atoms with Crippen molar-refractivity contribution < 1.29 is 54.3 Å². The number of anilines is 1. The molecule has 15 heteroatoms. The summed E-state index contributed by atoms with van der Waals surface area (Å²) in [6.07, 6.45) is -0.398. The van der Waals surface area contributed by atoms with E-state index in [9.17, 15) is 49.6 Å². The van der Waals surface area contributed by atoms with Crippen molar-refractivity contribution in [2.45, 2.75) is 134 Å². The monoisotopic (exact) mass is 794 g/mol. The third kappa shape index (κ3) is 10.4. The van der Waals surface area contributed by atoms with Gasteiger partial charge in [0.15, 0.2) is 0 Å². The molecule has 0 saturated heterocycles. The van der Waals surface area contributed by atoms with Crippen molar-refractivity contribution in [1.29, 1.82) is 0 Å². The average molecular weight is 795 g/mol. The zero-order chi connectivity index (χ0) is 39.3. The van der Waals surface area contributed by atoms with Gasteiger partial charge in [0.25, 0.3) is 0 Å². The number of unbranched alkanes of at least 4 members (excludes halogenated alkanes) is 6. The molecule has 0 bridgehead atoms. The van der Waals surface area contributed by atoms with E-state index < -0.39 is 54.1 Å². The maximum Gasteiger partial charge on any atom is 0.453 e. The molecular formula is C39H50F8N2O4S. The molecule has 0 radical (unpaired) electrons. The number of hydrogen-bond acceptors (Lipinski definition) is 5. The molecule has 1 aromatic carbocycles. The minimum Gasteiger partial charge on any atom is -0.616 e. The van der Waals surface area contributed by atoms with E-state index in [1.54, 1.807) is 6.07 Å². The number of aromatic nitrogens is 1. The second-order valence-corrected chi connectivity index (χ2v) is 17.3. The first-order valence-electron chi connectivity index (χ1n) is 19.0. The molecule has 2 aromatic rings. The highest BCUT2D eigenvalue weighted by molar-refractivity contribution is 7.91. The first-order chi connectivity index (χ1) is 25.4. The molecule has 2 fully saturated rings. The topological polar surface area (TPSA) is 94.5 Å². The number of alkyl halides is 8. The van der Waals surface area contributed by atoms with Gasteiger partial charge in [-0.3, -0.25) is 10.3 Å². The second-order valence-electron chi connectivity index (χ2n) is 15.6. The fourth-order valence-corrected chi connectivity index (χ4v) is 10.4. The zero-order valence-electron chi connectivity index (χ0n) is 30.4. The number of rotatable bonds is 16. The molecule has 0 spiro atoms. The van der Waals surface area contributed by atoms with Crippen LogP contribution in [0.3, 0.4) is 0 Å². The second kappa shape index (κ2) is 17.7. The number of carbonyl (C=O) groups excluding carboxylic acids is 1. The van der Waals surface area contributed by atoms with Crippen molar-refractivity contribution in [2.75, 3.05) is 16.8 Å². The molecular weight excluding hydrogens is 744 g/mol. The molecule has 3 aliphatic rings. The van der Waals surface area contributed by atoms with Crippen LogP contribution in [0.1, 0.15) is 120 Å². The van der Waals surface area contributed by atoms with Crippen LogP contribution in [0.4, 0.5) is 45.6 Å². The third-order valence-corrected chi connectivity index (χ3v) is 13.5. The number of nitrogens with one attached hydrogen (secondary N) is 1. The Hall–Kier alpha value is -2.65. The van der Waals surface area contributed by atoms with Crippen LogP contribution in [0.5, 0.6) is 5.75 Å². The summed E-state index contributed by atoms with van der Waals surface area (Å²) in [5, 5.41) is 13.4. The van der Waals surface area contributed by atoms with Gasteiger partial charge in [0, 0.05) is 18.3 Å². The number of pyridine rings is 1. The number of aliphatic hydroxyl groups is 1. The SMILES string of the molecule is C[C@]12CC[C@@H]3c4ccc(OC(=O)Nc5ccnc(C(F)(F)F)c5)cc4C[C@@H](CCCCCCCCC[S+]([O-])CCCC(F)(F)C(F)(F)F)[C@H]3[C@@H]1CC[C@@H]2O. The van der Waals surface area contributed by atoms with Gasteiger partial charge < -0.3 is 14.4 Å². The average Bonchev–Trinajstić information content (AvgIpc) is 3.39. The highest BCUT2D eigenvalue weighted by Gasteiger charge is 2.57. The van der Waals surface area contributed by atoms with Gasteiger partial charge >= 0.3 is 24.4 Å². The number of halogens is 8. The van der Waals surface area contributed by atoms with Crippen LogP contribution < -0.4 is 10.1 Å². The number of benzene rings is 1. The summed E-state index contributed by atoms with van der Waals surface area (Å²) in [7, 11) is 0. The van der Waals surface area contributed by atoms with Crippen LogP contribution in [-0.2, 0) is 23.8 Å². The Bertz CT molecular complexity index is 1560. The molecule has 1 amide bonds. The predicted molar refractivity (Wildman–Crippen MR) is 190 cm³/mol. The number of hydrogen-bond donors (Lipinski definition) is 2. The molecule has 302 valence electrons. The molecule has 2 N–H and O–H groups in total. The van der Waals surface area contributed by atoms with Crippen LogP contribution in [0, 0.1) is 23.2 Å². The lowest BCUT2D eigenvalue weighted by Gasteiger charge is -2.53. The smallest absolute Gasteiger partial charge is 0.453 e. The van der Waals surface area contributed by atoms with Gasteiger partial charge in [0.1, 0.15) is 22.9 Å². The minimum absolute atomic E-state index is 0.0863. The highest BCUT2D eigenvalue weighted by Crippen LogP contribution is 2.62. The zero-order valence-corrected chi connectivity index (χ0v) is 31.2. The van der Waals surface area contributed by atoms with Gasteiger partial charge in [-0.2, -0.15) is 35.1 Å². The maximum absolute atomic E-state index is 13.1. The number of carbonyl (C=O) groups is 1. The predicted octanol–water partition coefficient (Wildman–Crippen LogP) is 11.0. The number of amides is 1. The summed E-state index contributed by atoms with van der Waals surface area (Å²) in [4.78, 5) is 16.0. The molecule has 0 aliphatic heterocycles. The van der Waals surface area contributed by atoms with Gasteiger partial charge in [-0.15, -0.1) is 0 Å². The van der Waals surface area contributed by atoms with Gasteiger partial charge in [-0.1, -0.05) is 56.3 Å². The molecule has 1 aromatic heterocycles. The molecule has 3 aliphatic carbocycles. The van der Waals surface area contributed by atoms with Gasteiger partial charge in [0.05, 0.1) is 6.10 Å². The van der Waals surface area contributed by atoms with E-state index in [-0.39, 0.29) is 23.0 Å². The van der Waals surface area contributed by atoms with Gasteiger partial charge in [0.2, 0.25) is 0 Å². The summed E-state index contributed by atoms with van der Waals surface area (Å²) in [6.45, 7) is 2.23. The van der Waals surface area contributed by atoms with Gasteiger partial charge in [-0.25, -0.2) is 4.79 Å². The molecule has 7 atom stereocenters. The third-order valence-electron chi connectivity index (χ3n) is 12.1. The van der Waals surface area contributed by atoms with Crippen molar-refractivity contribution in [3.8, 4) is 5.75 Å². The summed E-state index contributed by atoms with van der Waals surface area (Å²) in [6, 6.07) is 7.61. The van der Waals surface area contributed by atoms with Crippen molar-refractivity contribution in [3.63, 3.8) is 0 Å². The van der Waals surface area contributed by atoms with Crippen LogP contribution >= 0.6 is 0 Å². The van der Waals surface area contributed by atoms with Crippen LogP contribution in [-0.4, -0.2) is 50.4 Å². The molecule has 6 nitrogen and oxygen atoms in total. The minimum atomic E-state index is -5.58. The lowest BCUT2D eigenvalue weighted by Crippen LogP contribution is -2.47. The summed E-state index contributed by atoms with van der Waals surface area (Å²) in [5.41, 5.74) is 1.00. The molecule has 1 heterocycles. The number of ether oxygens (including phenoxy) is 1. The Balaban J connectivity index is 1.11. The van der Waals surface area contributed by atoms with E-state index in [2.05, 4.69) is 17.2 Å². The summed E-state index contributed by atoms with van der Waals surface area (Å²) >= 11 is -1.42. The maximum atomic E-state index is 13.1. The molecule has 1 unspecified atom stereocenters. The lowest BCUT2D eigenvalue weighted by molar-refractivity contribution is -0.284. The fraction of sp³-hybridized carbons (Fsp3) is 0.692. The normalized spacial score (nSPS) is 26.1. The van der Waals surface area contributed by atoms with E-state index in [1.165, 1.54) is 11.6 Å². The van der Waals surface area contributed by atoms with E-state index in [0.717, 1.165) is 94.9 Å². The van der Waals surface area contributed by atoms with Crippen molar-refractivity contribution in [3.05, 3.63) is 53.3 Å². The van der Waals surface area contributed by atoms with Crippen LogP contribution in [0.2, 0.25) is 0 Å². The number of nitrogens with zero attached hydrogens (tertiary/aromatic N) is 1. The van der Waals surface area contributed by atoms with E-state index in [0.29, 0.717) is 41.6 Å². The van der Waals surface area contributed by atoms with Crippen LogP contribution in [0.25, 0.3) is 0 Å². The fourth-order valence-electron chi connectivity index (χ4n) is 9.25. The highest BCUT2D eigenvalue weighted by atomic mass is 32.2. The molecule has 5 rings (SSSR count). The van der Waals surface area contributed by atoms with E-state index in [1.807, 2.05) is 12.1 Å². The standard InChI is InChI=1S/C39H50F8N2O4S/c1-36-18-15-30-29-12-11-28(53-35(51)49-27-16-19-48-32(24-27)38(42,43)44)23-26(29)22-25(34(30)31(36)13-14-33(36)50)10-7-5-3-2-4-6-8-20-54(52)21-9-17-37(40,41)39(45,46)47/h11-12,16,19,23-25,30-31,33-34,50H,2-10,13-15,17-18,20-22H2,1H3,(H,48,49,51)/t25-,30-,31+,33+,34-,36+,54?/m1/s1. The summed E-state index contributed by atoms with van der Waals surface area (Å²) < 4.78 is 120. The number of aliphatic hydroxyl groups excluding tert-OH is 1. The Morgan fingerprint density at radius 2 is 1.63 bits per heavy atom. The van der Waals surface area contributed by atoms with Gasteiger partial charge in [-0.05, 0) is 122 Å². The molecule has 54 heavy (non-hydrogen) atoms. The Morgan fingerprint density at radius 3 is 2.33 bits per heavy atom. The van der Waals surface area contributed by atoms with Crippen molar-refractivity contribution >= 4 is 23.0 Å². The first kappa shape index (κ1) is 42.5. The molecule has 2 saturated carbocycles. The van der Waals surface area contributed by atoms with Crippen molar-refractivity contribution in [1.82, 2.24) is 4.98 Å². The number of fused-ring (bicyclic) bond motifs is 5. The van der Waals surface area contributed by atoms with E-state index >= 15 is 0 Å². The first-order valence-corrected chi connectivity index (χ1v) is 20.5. The largest absolute Gasteiger partial charge is 0.616 e. The van der Waals surface area contributed by atoms with Crippen molar-refractivity contribution in [2.24, 2.45) is 23.2 Å².